The molecule has 0 aliphatic heterocycles. The molecule has 0 spiro atoms. The molecule has 2 aromatic carbocycles. The summed E-state index contributed by atoms with van der Waals surface area (Å²) in [4.78, 5) is 17.6. The number of benzene rings is 2. The molecule has 0 saturated carbocycles. The Hall–Kier alpha value is -1.73. The molecule has 0 saturated heterocycles. The third-order valence-corrected chi connectivity index (χ3v) is 5.75. The third kappa shape index (κ3) is 3.22. The Balaban J connectivity index is 1.80. The first kappa shape index (κ1) is 16.7. The number of hydrogen-bond donors (Lipinski definition) is 0. The van der Waals surface area contributed by atoms with Crippen molar-refractivity contribution in [3.8, 4) is 11.4 Å². The molecule has 0 fully saturated rings. The number of thiazole rings is 1. The molecule has 2 heterocycles. The average molecular weight is 453 g/mol. The molecule has 0 aliphatic rings. The fourth-order valence-corrected chi connectivity index (χ4v) is 3.79. The van der Waals surface area contributed by atoms with Gasteiger partial charge in [0.2, 0.25) is 4.96 Å². The lowest BCUT2D eigenvalue weighted by Gasteiger charge is -1.96. The molecule has 0 aliphatic carbocycles. The number of nitrogens with zero attached hydrogens (tertiary/aromatic N) is 3. The second kappa shape index (κ2) is 6.53. The first-order valence-electron chi connectivity index (χ1n) is 7.13. The summed E-state index contributed by atoms with van der Waals surface area (Å²) >= 11 is 16.6. The lowest BCUT2D eigenvalue weighted by atomic mass is 10.2. The maximum absolute atomic E-state index is 12.6. The van der Waals surface area contributed by atoms with Crippen LogP contribution < -0.4 is 10.1 Å². The van der Waals surface area contributed by atoms with Crippen LogP contribution in [0.2, 0.25) is 10.0 Å². The fourth-order valence-electron chi connectivity index (χ4n) is 2.31. The second-order valence-corrected chi connectivity index (χ2v) is 7.97. The van der Waals surface area contributed by atoms with E-state index in [1.54, 1.807) is 24.3 Å². The van der Waals surface area contributed by atoms with Crippen molar-refractivity contribution in [2.75, 3.05) is 0 Å². The number of hydrogen-bond acceptors (Lipinski definition) is 4. The summed E-state index contributed by atoms with van der Waals surface area (Å²) in [5.74, 6) is 0.525. The highest BCUT2D eigenvalue weighted by Gasteiger charge is 2.12. The molecule has 0 N–H and O–H groups in total. The van der Waals surface area contributed by atoms with Crippen LogP contribution in [-0.4, -0.2) is 14.6 Å². The largest absolute Gasteiger partial charge is 0.291 e. The standard InChI is InChI=1S/C17H8BrCl2N3OS/c18-11-4-2-10(3-5-11)15-21-17-23(22-15)16(24)14(25-17)8-9-1-6-12(19)13(20)7-9/h1-8H/b14-8-. The van der Waals surface area contributed by atoms with Crippen LogP contribution in [0, 0.1) is 0 Å². The lowest BCUT2D eigenvalue weighted by Crippen LogP contribution is -2.23. The van der Waals surface area contributed by atoms with Crippen molar-refractivity contribution in [2.45, 2.75) is 0 Å². The van der Waals surface area contributed by atoms with Crippen molar-refractivity contribution in [3.63, 3.8) is 0 Å². The summed E-state index contributed by atoms with van der Waals surface area (Å²) < 4.78 is 2.84. The van der Waals surface area contributed by atoms with Gasteiger partial charge in [0.05, 0.1) is 14.6 Å². The van der Waals surface area contributed by atoms with Crippen molar-refractivity contribution < 1.29 is 0 Å². The first-order chi connectivity index (χ1) is 12.0. The van der Waals surface area contributed by atoms with E-state index in [2.05, 4.69) is 26.0 Å². The summed E-state index contributed by atoms with van der Waals surface area (Å²) in [6.07, 6.45) is 1.75. The minimum Gasteiger partial charge on any atom is -0.266 e. The molecule has 25 heavy (non-hydrogen) atoms. The monoisotopic (exact) mass is 451 g/mol. The highest BCUT2D eigenvalue weighted by Crippen LogP contribution is 2.23. The molecule has 0 atom stereocenters. The van der Waals surface area contributed by atoms with Crippen LogP contribution >= 0.6 is 50.5 Å². The van der Waals surface area contributed by atoms with Gasteiger partial charge in [-0.25, -0.2) is 0 Å². The van der Waals surface area contributed by atoms with E-state index in [9.17, 15) is 4.79 Å². The molecule has 0 amide bonds. The van der Waals surface area contributed by atoms with Gasteiger partial charge >= 0.3 is 0 Å². The van der Waals surface area contributed by atoms with Crippen LogP contribution in [-0.2, 0) is 0 Å². The van der Waals surface area contributed by atoms with E-state index in [0.29, 0.717) is 25.4 Å². The molecule has 4 aromatic rings. The zero-order valence-electron chi connectivity index (χ0n) is 12.4. The summed E-state index contributed by atoms with van der Waals surface area (Å²) in [5.41, 5.74) is 1.44. The zero-order chi connectivity index (χ0) is 17.6. The van der Waals surface area contributed by atoms with Crippen LogP contribution in [0.5, 0.6) is 0 Å². The number of aromatic nitrogens is 3. The van der Waals surface area contributed by atoms with Crippen LogP contribution in [0.1, 0.15) is 5.56 Å². The third-order valence-electron chi connectivity index (χ3n) is 3.53. The van der Waals surface area contributed by atoms with Crippen molar-refractivity contribution in [1.29, 1.82) is 0 Å². The molecule has 0 unspecified atom stereocenters. The van der Waals surface area contributed by atoms with Crippen molar-refractivity contribution in [3.05, 3.63) is 77.4 Å². The van der Waals surface area contributed by atoms with Gasteiger partial charge in [0.1, 0.15) is 0 Å². The van der Waals surface area contributed by atoms with Gasteiger partial charge in [0.15, 0.2) is 5.82 Å². The highest BCUT2D eigenvalue weighted by molar-refractivity contribution is 9.10. The van der Waals surface area contributed by atoms with Crippen LogP contribution in [0.25, 0.3) is 22.4 Å². The van der Waals surface area contributed by atoms with E-state index >= 15 is 0 Å². The van der Waals surface area contributed by atoms with E-state index in [1.807, 2.05) is 24.3 Å². The summed E-state index contributed by atoms with van der Waals surface area (Å²) in [6.45, 7) is 0. The maximum Gasteiger partial charge on any atom is 0.291 e. The van der Waals surface area contributed by atoms with Gasteiger partial charge in [-0.1, -0.05) is 68.7 Å². The molecule has 2 aromatic heterocycles. The van der Waals surface area contributed by atoms with Gasteiger partial charge in [0, 0.05) is 10.0 Å². The number of fused-ring (bicyclic) bond motifs is 1. The van der Waals surface area contributed by atoms with Gasteiger partial charge in [-0.2, -0.15) is 9.50 Å². The Bertz CT molecular complexity index is 1200. The van der Waals surface area contributed by atoms with Crippen molar-refractivity contribution in [1.82, 2.24) is 14.6 Å². The summed E-state index contributed by atoms with van der Waals surface area (Å²) in [5, 5.41) is 5.25. The summed E-state index contributed by atoms with van der Waals surface area (Å²) in [6, 6.07) is 12.8. The molecule has 0 bridgehead atoms. The van der Waals surface area contributed by atoms with E-state index in [0.717, 1.165) is 15.6 Å². The van der Waals surface area contributed by atoms with Gasteiger partial charge in [-0.3, -0.25) is 4.79 Å². The fraction of sp³-hybridized carbons (Fsp3) is 0. The number of rotatable bonds is 2. The number of halogens is 3. The quantitative estimate of drug-likeness (QED) is 0.451. The normalized spacial score (nSPS) is 12.2. The SMILES string of the molecule is O=c1/c(=C/c2ccc(Cl)c(Cl)c2)sc2nc(-c3ccc(Br)cc3)nn12. The van der Waals surface area contributed by atoms with Crippen molar-refractivity contribution in [2.24, 2.45) is 0 Å². The average Bonchev–Trinajstić information content (AvgIpc) is 3.12. The zero-order valence-corrected chi connectivity index (χ0v) is 16.3. The van der Waals surface area contributed by atoms with Crippen LogP contribution in [0.15, 0.2) is 51.7 Å². The van der Waals surface area contributed by atoms with E-state index in [-0.39, 0.29) is 5.56 Å². The van der Waals surface area contributed by atoms with E-state index in [4.69, 9.17) is 23.2 Å². The topological polar surface area (TPSA) is 47.3 Å². The molecule has 4 rings (SSSR count). The molecule has 8 heteroatoms. The highest BCUT2D eigenvalue weighted by atomic mass is 79.9. The Morgan fingerprint density at radius 2 is 1.84 bits per heavy atom. The van der Waals surface area contributed by atoms with E-state index < -0.39 is 0 Å². The molecule has 124 valence electrons. The Morgan fingerprint density at radius 3 is 2.52 bits per heavy atom. The summed E-state index contributed by atoms with van der Waals surface area (Å²) in [7, 11) is 0. The molecule has 4 nitrogen and oxygen atoms in total. The van der Waals surface area contributed by atoms with E-state index in [1.165, 1.54) is 15.9 Å². The maximum atomic E-state index is 12.6. The Labute approximate surface area is 164 Å². The second-order valence-electron chi connectivity index (χ2n) is 5.23. The minimum atomic E-state index is -0.207. The first-order valence-corrected chi connectivity index (χ1v) is 9.50. The van der Waals surface area contributed by atoms with Crippen LogP contribution in [0.4, 0.5) is 0 Å². The molecular formula is C17H8BrCl2N3OS. The Kier molecular flexibility index (Phi) is 4.37. The van der Waals surface area contributed by atoms with Gasteiger partial charge in [-0.15, -0.1) is 5.10 Å². The predicted molar refractivity (Wildman–Crippen MR) is 106 cm³/mol. The predicted octanol–water partition coefficient (Wildman–Crippen LogP) is 4.44. The van der Waals surface area contributed by atoms with Gasteiger partial charge < -0.3 is 0 Å². The van der Waals surface area contributed by atoms with Crippen molar-refractivity contribution >= 4 is 61.5 Å². The van der Waals surface area contributed by atoms with Crippen LogP contribution in [0.3, 0.4) is 0 Å². The smallest absolute Gasteiger partial charge is 0.266 e. The minimum absolute atomic E-state index is 0.207. The lowest BCUT2D eigenvalue weighted by molar-refractivity contribution is 0.937. The Morgan fingerprint density at radius 1 is 1.08 bits per heavy atom. The van der Waals surface area contributed by atoms with Gasteiger partial charge in [0.25, 0.3) is 5.56 Å². The molecule has 0 radical (unpaired) electrons. The van der Waals surface area contributed by atoms with Gasteiger partial charge in [-0.05, 0) is 35.9 Å². The molecular weight excluding hydrogens is 445 g/mol.